The van der Waals surface area contributed by atoms with Gasteiger partial charge >= 0.3 is 6.18 Å². The van der Waals surface area contributed by atoms with Gasteiger partial charge in [-0.3, -0.25) is 9.89 Å². The summed E-state index contributed by atoms with van der Waals surface area (Å²) >= 11 is 0. The summed E-state index contributed by atoms with van der Waals surface area (Å²) in [5.41, 5.74) is -0.110. The summed E-state index contributed by atoms with van der Waals surface area (Å²) in [6, 6.07) is 4.80. The first kappa shape index (κ1) is 18.6. The van der Waals surface area contributed by atoms with E-state index >= 15 is 0 Å². The van der Waals surface area contributed by atoms with Gasteiger partial charge in [-0.2, -0.15) is 18.3 Å². The molecule has 3 rings (SSSR count). The molecule has 0 aliphatic carbocycles. The summed E-state index contributed by atoms with van der Waals surface area (Å²) in [4.78, 5) is 16.0. The van der Waals surface area contributed by atoms with Gasteiger partial charge in [0.2, 0.25) is 5.88 Å². The number of aromatic nitrogens is 3. The first-order valence-corrected chi connectivity index (χ1v) is 7.84. The zero-order chi connectivity index (χ0) is 19.6. The standard InChI is InChI=1S/C17H15F3N4O3/c1-27-16-10(2-3-13(23-16)15(26)21-4-5-25)11-6-9(17(18,19)20)7-14-12(11)8-22-24-14/h2-3,6-8,25H,4-5H2,1H3,(H,21,26)(H,22,24). The Hall–Kier alpha value is -3.14. The number of hydrogen-bond acceptors (Lipinski definition) is 5. The van der Waals surface area contributed by atoms with Crippen LogP contribution in [0.25, 0.3) is 22.0 Å². The number of benzene rings is 1. The van der Waals surface area contributed by atoms with Crippen molar-refractivity contribution in [2.24, 2.45) is 0 Å². The molecule has 3 aromatic rings. The summed E-state index contributed by atoms with van der Waals surface area (Å²) in [5.74, 6) is -0.542. The van der Waals surface area contributed by atoms with E-state index in [0.717, 1.165) is 12.1 Å². The molecule has 0 atom stereocenters. The van der Waals surface area contributed by atoms with E-state index < -0.39 is 17.6 Å². The number of carbonyl (C=O) groups excluding carboxylic acids is 1. The predicted octanol–water partition coefficient (Wildman–Crippen LogP) is 2.37. The highest BCUT2D eigenvalue weighted by molar-refractivity contribution is 5.97. The van der Waals surface area contributed by atoms with Gasteiger partial charge in [0.25, 0.3) is 5.91 Å². The maximum Gasteiger partial charge on any atom is 0.416 e. The van der Waals surface area contributed by atoms with Crippen LogP contribution in [0.1, 0.15) is 16.1 Å². The van der Waals surface area contributed by atoms with Crippen LogP contribution in [-0.4, -0.2) is 46.5 Å². The number of ether oxygens (including phenoxy) is 1. The van der Waals surface area contributed by atoms with E-state index in [1.54, 1.807) is 0 Å². The van der Waals surface area contributed by atoms with Crippen molar-refractivity contribution in [2.45, 2.75) is 6.18 Å². The SMILES string of the molecule is COc1nc(C(=O)NCCO)ccc1-c1cc(C(F)(F)F)cc2[nH]ncc12. The van der Waals surface area contributed by atoms with Crippen LogP contribution in [0.3, 0.4) is 0 Å². The Morgan fingerprint density at radius 1 is 1.30 bits per heavy atom. The number of aliphatic hydroxyl groups excluding tert-OH is 1. The molecule has 0 aliphatic heterocycles. The maximum atomic E-state index is 13.2. The van der Waals surface area contributed by atoms with Crippen molar-refractivity contribution < 1.29 is 27.8 Å². The highest BCUT2D eigenvalue weighted by Gasteiger charge is 2.32. The quantitative estimate of drug-likeness (QED) is 0.631. The molecule has 0 saturated carbocycles. The second kappa shape index (κ2) is 7.23. The minimum Gasteiger partial charge on any atom is -0.481 e. The molecule has 0 unspecified atom stereocenters. The van der Waals surface area contributed by atoms with Crippen LogP contribution in [0.15, 0.2) is 30.5 Å². The van der Waals surface area contributed by atoms with Crippen molar-refractivity contribution in [2.75, 3.05) is 20.3 Å². The van der Waals surface area contributed by atoms with Crippen LogP contribution in [-0.2, 0) is 6.18 Å². The lowest BCUT2D eigenvalue weighted by Crippen LogP contribution is -2.27. The van der Waals surface area contributed by atoms with Gasteiger partial charge in [0.05, 0.1) is 31.0 Å². The van der Waals surface area contributed by atoms with Gasteiger partial charge in [-0.1, -0.05) is 0 Å². The number of amides is 1. The topological polar surface area (TPSA) is 100 Å². The monoisotopic (exact) mass is 380 g/mol. The third-order valence-corrected chi connectivity index (χ3v) is 3.86. The Balaban J connectivity index is 2.13. The van der Waals surface area contributed by atoms with E-state index in [0.29, 0.717) is 5.39 Å². The lowest BCUT2D eigenvalue weighted by atomic mass is 9.99. The smallest absolute Gasteiger partial charge is 0.416 e. The summed E-state index contributed by atoms with van der Waals surface area (Å²) in [5, 5.41) is 18.0. The van der Waals surface area contributed by atoms with Crippen LogP contribution in [0, 0.1) is 0 Å². The lowest BCUT2D eigenvalue weighted by Gasteiger charge is -2.13. The fourth-order valence-electron chi connectivity index (χ4n) is 2.63. The van der Waals surface area contributed by atoms with Crippen molar-refractivity contribution in [1.82, 2.24) is 20.5 Å². The third kappa shape index (κ3) is 3.70. The number of pyridine rings is 1. The highest BCUT2D eigenvalue weighted by Crippen LogP contribution is 2.39. The first-order valence-electron chi connectivity index (χ1n) is 7.84. The van der Waals surface area contributed by atoms with Crippen molar-refractivity contribution >= 4 is 16.8 Å². The molecule has 7 nitrogen and oxygen atoms in total. The number of H-pyrrole nitrogens is 1. The molecule has 27 heavy (non-hydrogen) atoms. The van der Waals surface area contributed by atoms with E-state index in [1.165, 1.54) is 25.4 Å². The van der Waals surface area contributed by atoms with Crippen molar-refractivity contribution in [3.05, 3.63) is 41.7 Å². The Morgan fingerprint density at radius 2 is 2.07 bits per heavy atom. The summed E-state index contributed by atoms with van der Waals surface area (Å²) in [6.07, 6.45) is -3.13. The first-order chi connectivity index (χ1) is 12.8. The molecular weight excluding hydrogens is 365 g/mol. The molecule has 0 bridgehead atoms. The highest BCUT2D eigenvalue weighted by atomic mass is 19.4. The number of nitrogens with one attached hydrogen (secondary N) is 2. The average molecular weight is 380 g/mol. The zero-order valence-electron chi connectivity index (χ0n) is 14.1. The summed E-state index contributed by atoms with van der Waals surface area (Å²) in [6.45, 7) is -0.183. The Kier molecular flexibility index (Phi) is 5.00. The van der Waals surface area contributed by atoms with E-state index in [-0.39, 0.29) is 41.4 Å². The van der Waals surface area contributed by atoms with Crippen LogP contribution < -0.4 is 10.1 Å². The molecule has 142 valence electrons. The van der Waals surface area contributed by atoms with Crippen LogP contribution in [0.4, 0.5) is 13.2 Å². The number of aliphatic hydroxyl groups is 1. The number of fused-ring (bicyclic) bond motifs is 1. The van der Waals surface area contributed by atoms with Crippen LogP contribution in [0.5, 0.6) is 5.88 Å². The van der Waals surface area contributed by atoms with Gasteiger partial charge in [-0.15, -0.1) is 0 Å². The molecule has 0 saturated heterocycles. The van der Waals surface area contributed by atoms with Gasteiger partial charge < -0.3 is 15.2 Å². The summed E-state index contributed by atoms with van der Waals surface area (Å²) < 4.78 is 44.9. The molecule has 0 fully saturated rings. The number of alkyl halides is 3. The number of hydrogen-bond donors (Lipinski definition) is 3. The number of nitrogens with zero attached hydrogens (tertiary/aromatic N) is 2. The van der Waals surface area contributed by atoms with Crippen molar-refractivity contribution in [3.63, 3.8) is 0 Å². The zero-order valence-corrected chi connectivity index (χ0v) is 14.1. The van der Waals surface area contributed by atoms with Crippen molar-refractivity contribution in [1.29, 1.82) is 0 Å². The van der Waals surface area contributed by atoms with Gasteiger partial charge in [-0.25, -0.2) is 4.98 Å². The number of aromatic amines is 1. The fraction of sp³-hybridized carbons (Fsp3) is 0.235. The normalized spacial score (nSPS) is 11.6. The van der Waals surface area contributed by atoms with E-state index in [1.807, 2.05) is 0 Å². The Labute approximate surface area is 151 Å². The van der Waals surface area contributed by atoms with E-state index in [9.17, 15) is 18.0 Å². The number of carbonyl (C=O) groups is 1. The van der Waals surface area contributed by atoms with Gasteiger partial charge in [0.15, 0.2) is 0 Å². The van der Waals surface area contributed by atoms with Crippen molar-refractivity contribution in [3.8, 4) is 17.0 Å². The number of methoxy groups -OCH3 is 1. The minimum atomic E-state index is -4.54. The molecule has 0 spiro atoms. The molecule has 2 heterocycles. The van der Waals surface area contributed by atoms with Gasteiger partial charge in [0, 0.05) is 17.5 Å². The van der Waals surface area contributed by atoms with E-state index in [4.69, 9.17) is 9.84 Å². The number of halogens is 3. The van der Waals surface area contributed by atoms with Crippen LogP contribution in [0.2, 0.25) is 0 Å². The molecular formula is C17H15F3N4O3. The van der Waals surface area contributed by atoms with E-state index in [2.05, 4.69) is 20.5 Å². The summed E-state index contributed by atoms with van der Waals surface area (Å²) in [7, 11) is 1.31. The predicted molar refractivity (Wildman–Crippen MR) is 90.3 cm³/mol. The number of rotatable bonds is 5. The maximum absolute atomic E-state index is 13.2. The molecule has 3 N–H and O–H groups in total. The second-order valence-electron chi connectivity index (χ2n) is 5.59. The second-order valence-corrected chi connectivity index (χ2v) is 5.59. The molecule has 0 aliphatic rings. The van der Waals surface area contributed by atoms with Gasteiger partial charge in [-0.05, 0) is 29.8 Å². The third-order valence-electron chi connectivity index (χ3n) is 3.86. The molecule has 10 heteroatoms. The lowest BCUT2D eigenvalue weighted by molar-refractivity contribution is -0.137. The Morgan fingerprint density at radius 3 is 2.74 bits per heavy atom. The average Bonchev–Trinajstić information content (AvgIpc) is 3.12. The Bertz CT molecular complexity index is 985. The molecule has 1 amide bonds. The van der Waals surface area contributed by atoms with Crippen LogP contribution >= 0.6 is 0 Å². The molecule has 2 aromatic heterocycles. The largest absolute Gasteiger partial charge is 0.481 e. The molecule has 0 radical (unpaired) electrons. The fourth-order valence-corrected chi connectivity index (χ4v) is 2.63. The molecule has 1 aromatic carbocycles. The minimum absolute atomic E-state index is 0.00604. The van der Waals surface area contributed by atoms with Gasteiger partial charge in [0.1, 0.15) is 5.69 Å².